The number of fused-ring (bicyclic) bond motifs is 1. The van der Waals surface area contributed by atoms with Gasteiger partial charge in [0, 0.05) is 11.6 Å². The van der Waals surface area contributed by atoms with Gasteiger partial charge in [0.15, 0.2) is 0 Å². The van der Waals surface area contributed by atoms with Gasteiger partial charge >= 0.3 is 0 Å². The lowest BCUT2D eigenvalue weighted by molar-refractivity contribution is 0.315. The number of nitrogens with one attached hydrogen (secondary N) is 1. The van der Waals surface area contributed by atoms with E-state index in [0.29, 0.717) is 6.04 Å². The van der Waals surface area contributed by atoms with E-state index in [1.165, 1.54) is 49.8 Å². The van der Waals surface area contributed by atoms with E-state index in [4.69, 9.17) is 4.74 Å². The molecular formula is C23H30FNO. The fourth-order valence-electron chi connectivity index (χ4n) is 3.61. The van der Waals surface area contributed by atoms with Crippen LogP contribution in [0.3, 0.4) is 0 Å². The number of halogens is 1. The highest BCUT2D eigenvalue weighted by Crippen LogP contribution is 2.35. The summed E-state index contributed by atoms with van der Waals surface area (Å²) in [5.74, 6) is 0.760. The summed E-state index contributed by atoms with van der Waals surface area (Å²) in [6.45, 7) is 4.07. The van der Waals surface area contributed by atoms with Gasteiger partial charge < -0.3 is 10.1 Å². The van der Waals surface area contributed by atoms with Crippen molar-refractivity contribution in [1.82, 2.24) is 5.32 Å². The van der Waals surface area contributed by atoms with Crippen molar-refractivity contribution >= 4 is 0 Å². The topological polar surface area (TPSA) is 21.3 Å². The van der Waals surface area contributed by atoms with Gasteiger partial charge in [-0.25, -0.2) is 4.39 Å². The van der Waals surface area contributed by atoms with E-state index in [-0.39, 0.29) is 5.82 Å². The van der Waals surface area contributed by atoms with Gasteiger partial charge in [0.25, 0.3) is 0 Å². The standard InChI is InChI=1S/C23H30FNO/c1-2-3-4-5-6-15-25-22-8-7-16-26-23-17-19(11-14-21(22)23)18-9-12-20(24)13-10-18/h9-14,17,22,25H,2-8,15-16H2,1H3/t22-/m0/s1. The number of hydrogen-bond donors (Lipinski definition) is 1. The third-order valence-electron chi connectivity index (χ3n) is 5.13. The lowest BCUT2D eigenvalue weighted by Gasteiger charge is -2.19. The summed E-state index contributed by atoms with van der Waals surface area (Å²) >= 11 is 0. The third kappa shape index (κ3) is 5.07. The second-order valence-electron chi connectivity index (χ2n) is 7.17. The van der Waals surface area contributed by atoms with Crippen LogP contribution in [0.25, 0.3) is 11.1 Å². The summed E-state index contributed by atoms with van der Waals surface area (Å²) in [6.07, 6.45) is 8.68. The second kappa shape index (κ2) is 9.72. The minimum Gasteiger partial charge on any atom is -0.493 e. The zero-order valence-electron chi connectivity index (χ0n) is 15.8. The zero-order valence-corrected chi connectivity index (χ0v) is 15.8. The second-order valence-corrected chi connectivity index (χ2v) is 7.17. The van der Waals surface area contributed by atoms with Crippen LogP contribution in [0.15, 0.2) is 42.5 Å². The van der Waals surface area contributed by atoms with Crippen LogP contribution in [-0.4, -0.2) is 13.2 Å². The van der Waals surface area contributed by atoms with Crippen LogP contribution in [-0.2, 0) is 0 Å². The lowest BCUT2D eigenvalue weighted by atomic mass is 9.97. The van der Waals surface area contributed by atoms with Crippen molar-refractivity contribution in [3.63, 3.8) is 0 Å². The van der Waals surface area contributed by atoms with Crippen molar-refractivity contribution in [3.8, 4) is 16.9 Å². The molecule has 0 spiro atoms. The summed E-state index contributed by atoms with van der Waals surface area (Å²) in [5.41, 5.74) is 3.34. The Morgan fingerprint density at radius 2 is 1.77 bits per heavy atom. The van der Waals surface area contributed by atoms with Crippen LogP contribution in [0.1, 0.15) is 63.5 Å². The van der Waals surface area contributed by atoms with Crippen LogP contribution in [0.2, 0.25) is 0 Å². The van der Waals surface area contributed by atoms with E-state index in [9.17, 15) is 4.39 Å². The first-order valence-corrected chi connectivity index (χ1v) is 10.0. The molecule has 0 aliphatic carbocycles. The predicted octanol–water partition coefficient (Wildman–Crippen LogP) is 6.27. The van der Waals surface area contributed by atoms with Gasteiger partial charge in [0.1, 0.15) is 11.6 Å². The molecule has 0 bridgehead atoms. The smallest absolute Gasteiger partial charge is 0.124 e. The highest BCUT2D eigenvalue weighted by Gasteiger charge is 2.19. The number of rotatable bonds is 8. The van der Waals surface area contributed by atoms with Gasteiger partial charge in [0.2, 0.25) is 0 Å². The molecule has 1 aliphatic heterocycles. The molecular weight excluding hydrogens is 325 g/mol. The largest absolute Gasteiger partial charge is 0.493 e. The number of unbranched alkanes of at least 4 members (excludes halogenated alkanes) is 4. The molecule has 26 heavy (non-hydrogen) atoms. The fourth-order valence-corrected chi connectivity index (χ4v) is 3.61. The van der Waals surface area contributed by atoms with Crippen molar-refractivity contribution < 1.29 is 9.13 Å². The molecule has 0 fully saturated rings. The minimum absolute atomic E-state index is 0.206. The Kier molecular flexibility index (Phi) is 7.07. The Morgan fingerprint density at radius 3 is 2.58 bits per heavy atom. The van der Waals surface area contributed by atoms with Crippen molar-refractivity contribution in [2.75, 3.05) is 13.2 Å². The number of benzene rings is 2. The summed E-state index contributed by atoms with van der Waals surface area (Å²) in [6, 6.07) is 13.4. The minimum atomic E-state index is -0.206. The Morgan fingerprint density at radius 1 is 1.00 bits per heavy atom. The first-order chi connectivity index (χ1) is 12.8. The molecule has 3 heteroatoms. The monoisotopic (exact) mass is 355 g/mol. The number of ether oxygens (including phenoxy) is 1. The molecule has 0 saturated carbocycles. The molecule has 2 aromatic carbocycles. The lowest BCUT2D eigenvalue weighted by Crippen LogP contribution is -2.22. The van der Waals surface area contributed by atoms with Crippen molar-refractivity contribution in [1.29, 1.82) is 0 Å². The predicted molar refractivity (Wildman–Crippen MR) is 106 cm³/mol. The highest BCUT2D eigenvalue weighted by molar-refractivity contribution is 5.66. The van der Waals surface area contributed by atoms with E-state index < -0.39 is 0 Å². The van der Waals surface area contributed by atoms with Gasteiger partial charge in [-0.3, -0.25) is 0 Å². The van der Waals surface area contributed by atoms with Gasteiger partial charge in [0.05, 0.1) is 6.61 Å². The van der Waals surface area contributed by atoms with Gasteiger partial charge in [-0.05, 0) is 55.1 Å². The van der Waals surface area contributed by atoms with E-state index in [1.54, 1.807) is 0 Å². The molecule has 2 nitrogen and oxygen atoms in total. The zero-order chi connectivity index (χ0) is 18.2. The van der Waals surface area contributed by atoms with Crippen LogP contribution >= 0.6 is 0 Å². The molecule has 1 atom stereocenters. The maximum atomic E-state index is 13.2. The van der Waals surface area contributed by atoms with Crippen molar-refractivity contribution in [2.24, 2.45) is 0 Å². The molecule has 0 amide bonds. The summed E-state index contributed by atoms with van der Waals surface area (Å²) < 4.78 is 19.2. The molecule has 1 aliphatic rings. The normalized spacial score (nSPS) is 16.6. The SMILES string of the molecule is CCCCCCCN[C@H]1CCCOc2cc(-c3ccc(F)cc3)ccc21. The molecule has 0 aromatic heterocycles. The average Bonchev–Trinajstić information content (AvgIpc) is 2.87. The van der Waals surface area contributed by atoms with Crippen molar-refractivity contribution in [2.45, 2.75) is 57.9 Å². The van der Waals surface area contributed by atoms with E-state index >= 15 is 0 Å². The number of hydrogen-bond acceptors (Lipinski definition) is 2. The van der Waals surface area contributed by atoms with Crippen molar-refractivity contribution in [3.05, 3.63) is 53.8 Å². The Hall–Kier alpha value is -1.87. The first kappa shape index (κ1) is 18.9. The van der Waals surface area contributed by atoms with E-state index in [1.807, 2.05) is 12.1 Å². The Bertz CT molecular complexity index is 683. The quantitative estimate of drug-likeness (QED) is 0.564. The first-order valence-electron chi connectivity index (χ1n) is 10.0. The Labute approximate surface area is 156 Å². The molecule has 0 radical (unpaired) electrons. The molecule has 3 rings (SSSR count). The fraction of sp³-hybridized carbons (Fsp3) is 0.478. The van der Waals surface area contributed by atoms with Crippen LogP contribution < -0.4 is 10.1 Å². The molecule has 2 aromatic rings. The Balaban J connectivity index is 1.67. The molecule has 1 heterocycles. The summed E-state index contributed by atoms with van der Waals surface area (Å²) in [4.78, 5) is 0. The average molecular weight is 355 g/mol. The van der Waals surface area contributed by atoms with Gasteiger partial charge in [-0.1, -0.05) is 56.9 Å². The molecule has 0 saturated heterocycles. The maximum absolute atomic E-state index is 13.2. The molecule has 140 valence electrons. The van der Waals surface area contributed by atoms with Crippen LogP contribution in [0, 0.1) is 5.82 Å². The van der Waals surface area contributed by atoms with E-state index in [0.717, 1.165) is 42.9 Å². The maximum Gasteiger partial charge on any atom is 0.124 e. The molecule has 0 unspecified atom stereocenters. The van der Waals surface area contributed by atoms with E-state index in [2.05, 4.69) is 30.4 Å². The van der Waals surface area contributed by atoms with Gasteiger partial charge in [-0.15, -0.1) is 0 Å². The molecule has 1 N–H and O–H groups in total. The highest BCUT2D eigenvalue weighted by atomic mass is 19.1. The summed E-state index contributed by atoms with van der Waals surface area (Å²) in [7, 11) is 0. The van der Waals surface area contributed by atoms with Crippen LogP contribution in [0.5, 0.6) is 5.75 Å². The van der Waals surface area contributed by atoms with Crippen LogP contribution in [0.4, 0.5) is 4.39 Å². The van der Waals surface area contributed by atoms with Gasteiger partial charge in [-0.2, -0.15) is 0 Å². The third-order valence-corrected chi connectivity index (χ3v) is 5.13. The summed E-state index contributed by atoms with van der Waals surface area (Å²) in [5, 5.41) is 3.73.